The van der Waals surface area contributed by atoms with E-state index in [2.05, 4.69) is 26.0 Å². The van der Waals surface area contributed by atoms with Crippen molar-refractivity contribution in [2.75, 3.05) is 14.2 Å². The molecule has 0 aromatic heterocycles. The van der Waals surface area contributed by atoms with Gasteiger partial charge in [0, 0.05) is 18.7 Å². The van der Waals surface area contributed by atoms with Gasteiger partial charge in [0.05, 0.1) is 12.7 Å². The molecule has 1 unspecified atom stereocenters. The van der Waals surface area contributed by atoms with Gasteiger partial charge in [-0.15, -0.1) is 0 Å². The van der Waals surface area contributed by atoms with Crippen LogP contribution in [0.25, 0.3) is 0 Å². The largest absolute Gasteiger partial charge is 0.496 e. The first-order valence-corrected chi connectivity index (χ1v) is 6.35. The average Bonchev–Trinajstić information content (AvgIpc) is 2.36. The molecule has 1 atom stereocenters. The number of ether oxygens (including phenoxy) is 2. The van der Waals surface area contributed by atoms with Crippen LogP contribution >= 0.6 is 0 Å². The first-order valence-electron chi connectivity index (χ1n) is 6.35. The lowest BCUT2D eigenvalue weighted by molar-refractivity contribution is 0.0124. The average molecular weight is 251 g/mol. The van der Waals surface area contributed by atoms with Crippen molar-refractivity contribution in [2.45, 2.75) is 45.3 Å². The second-order valence-electron chi connectivity index (χ2n) is 5.35. The monoisotopic (exact) mass is 251 g/mol. The van der Waals surface area contributed by atoms with Crippen molar-refractivity contribution in [3.8, 4) is 5.75 Å². The maximum atomic E-state index is 6.25. The Bertz CT molecular complexity index is 388. The number of rotatable bonds is 6. The minimum absolute atomic E-state index is 0.0185. The highest BCUT2D eigenvalue weighted by Gasteiger charge is 2.19. The van der Waals surface area contributed by atoms with Crippen molar-refractivity contribution in [1.29, 1.82) is 0 Å². The first-order chi connectivity index (χ1) is 8.39. The van der Waals surface area contributed by atoms with Gasteiger partial charge in [-0.3, -0.25) is 0 Å². The van der Waals surface area contributed by atoms with Crippen LogP contribution in [0.2, 0.25) is 0 Å². The molecule has 1 aromatic carbocycles. The lowest BCUT2D eigenvalue weighted by Crippen LogP contribution is -2.24. The lowest BCUT2D eigenvalue weighted by Gasteiger charge is -2.25. The van der Waals surface area contributed by atoms with Crippen LogP contribution in [0.15, 0.2) is 18.2 Å². The zero-order valence-electron chi connectivity index (χ0n) is 12.1. The van der Waals surface area contributed by atoms with Crippen LogP contribution in [0.5, 0.6) is 5.75 Å². The standard InChI is InChI=1S/C15H25NO2/c1-11-6-7-12(14(10-11)17-4)13(16)8-9-15(2,3)18-5/h6-7,10,13H,8-9,16H2,1-5H3. The van der Waals surface area contributed by atoms with E-state index in [1.165, 1.54) is 5.56 Å². The first kappa shape index (κ1) is 15.0. The third kappa shape index (κ3) is 4.00. The highest BCUT2D eigenvalue weighted by molar-refractivity contribution is 5.39. The van der Waals surface area contributed by atoms with Crippen LogP contribution in [0.4, 0.5) is 0 Å². The predicted octanol–water partition coefficient (Wildman–Crippen LogP) is 3.21. The second kappa shape index (κ2) is 6.21. The van der Waals surface area contributed by atoms with Crippen LogP contribution in [0, 0.1) is 6.92 Å². The summed E-state index contributed by atoms with van der Waals surface area (Å²) in [6.07, 6.45) is 1.79. The van der Waals surface area contributed by atoms with Gasteiger partial charge in [-0.1, -0.05) is 12.1 Å². The molecule has 3 heteroatoms. The van der Waals surface area contributed by atoms with Crippen LogP contribution in [0.1, 0.15) is 43.9 Å². The third-order valence-corrected chi connectivity index (χ3v) is 3.40. The Kier molecular flexibility index (Phi) is 5.17. The SMILES string of the molecule is COc1cc(C)ccc1C(N)CCC(C)(C)OC. The highest BCUT2D eigenvalue weighted by atomic mass is 16.5. The number of hydrogen-bond donors (Lipinski definition) is 1. The maximum Gasteiger partial charge on any atom is 0.123 e. The fourth-order valence-electron chi connectivity index (χ4n) is 1.89. The normalized spacial score (nSPS) is 13.4. The predicted molar refractivity (Wildman–Crippen MR) is 75.0 cm³/mol. The van der Waals surface area contributed by atoms with E-state index in [4.69, 9.17) is 15.2 Å². The molecule has 1 rings (SSSR count). The fraction of sp³-hybridized carbons (Fsp3) is 0.600. The fourth-order valence-corrected chi connectivity index (χ4v) is 1.89. The molecule has 102 valence electrons. The van der Waals surface area contributed by atoms with Gasteiger partial charge in [0.2, 0.25) is 0 Å². The Hall–Kier alpha value is -1.06. The summed E-state index contributed by atoms with van der Waals surface area (Å²) in [5, 5.41) is 0. The molecule has 3 nitrogen and oxygen atoms in total. The summed E-state index contributed by atoms with van der Waals surface area (Å²) in [7, 11) is 3.42. The van der Waals surface area contributed by atoms with E-state index in [1.807, 2.05) is 13.0 Å². The van der Waals surface area contributed by atoms with Crippen molar-refractivity contribution in [1.82, 2.24) is 0 Å². The number of methoxy groups -OCH3 is 2. The molecule has 0 spiro atoms. The molecule has 2 N–H and O–H groups in total. The van der Waals surface area contributed by atoms with Gasteiger partial charge in [-0.25, -0.2) is 0 Å². The maximum absolute atomic E-state index is 6.25. The second-order valence-corrected chi connectivity index (χ2v) is 5.35. The number of aryl methyl sites for hydroxylation is 1. The van der Waals surface area contributed by atoms with Crippen LogP contribution in [-0.4, -0.2) is 19.8 Å². The Morgan fingerprint density at radius 1 is 1.28 bits per heavy atom. The van der Waals surface area contributed by atoms with E-state index >= 15 is 0 Å². The molecule has 0 radical (unpaired) electrons. The van der Waals surface area contributed by atoms with Gasteiger partial charge < -0.3 is 15.2 Å². The molecule has 18 heavy (non-hydrogen) atoms. The van der Waals surface area contributed by atoms with Gasteiger partial charge in [0.15, 0.2) is 0 Å². The van der Waals surface area contributed by atoms with Crippen molar-refractivity contribution in [3.63, 3.8) is 0 Å². The van der Waals surface area contributed by atoms with E-state index in [1.54, 1.807) is 14.2 Å². The zero-order chi connectivity index (χ0) is 13.8. The van der Waals surface area contributed by atoms with Crippen LogP contribution in [-0.2, 0) is 4.74 Å². The summed E-state index contributed by atoms with van der Waals surface area (Å²) < 4.78 is 10.8. The molecule has 1 aromatic rings. The quantitative estimate of drug-likeness (QED) is 0.844. The molecule has 0 saturated carbocycles. The van der Waals surface area contributed by atoms with Gasteiger partial charge in [-0.2, -0.15) is 0 Å². The molecule has 0 fully saturated rings. The lowest BCUT2D eigenvalue weighted by atomic mass is 9.94. The number of hydrogen-bond acceptors (Lipinski definition) is 3. The topological polar surface area (TPSA) is 44.5 Å². The summed E-state index contributed by atoms with van der Waals surface area (Å²) in [5.41, 5.74) is 8.36. The summed E-state index contributed by atoms with van der Waals surface area (Å²) in [4.78, 5) is 0. The summed E-state index contributed by atoms with van der Waals surface area (Å²) in [6, 6.07) is 6.13. The van der Waals surface area contributed by atoms with Crippen LogP contribution < -0.4 is 10.5 Å². The number of benzene rings is 1. The summed E-state index contributed by atoms with van der Waals surface area (Å²) >= 11 is 0. The minimum Gasteiger partial charge on any atom is -0.496 e. The van der Waals surface area contributed by atoms with Crippen molar-refractivity contribution in [2.24, 2.45) is 5.73 Å². The van der Waals surface area contributed by atoms with E-state index in [9.17, 15) is 0 Å². The van der Waals surface area contributed by atoms with E-state index in [0.29, 0.717) is 0 Å². The summed E-state index contributed by atoms with van der Waals surface area (Å²) in [5.74, 6) is 0.873. The third-order valence-electron chi connectivity index (χ3n) is 3.40. The Morgan fingerprint density at radius 3 is 2.50 bits per heavy atom. The Balaban J connectivity index is 2.75. The van der Waals surface area contributed by atoms with E-state index in [-0.39, 0.29) is 11.6 Å². The minimum atomic E-state index is -0.129. The highest BCUT2D eigenvalue weighted by Crippen LogP contribution is 2.29. The zero-order valence-corrected chi connectivity index (χ0v) is 12.1. The number of nitrogens with two attached hydrogens (primary N) is 1. The molecular weight excluding hydrogens is 226 g/mol. The molecule has 0 saturated heterocycles. The van der Waals surface area contributed by atoms with Gasteiger partial charge in [0.1, 0.15) is 5.75 Å². The van der Waals surface area contributed by atoms with Crippen molar-refractivity contribution >= 4 is 0 Å². The molecule has 0 heterocycles. The molecule has 0 amide bonds. The van der Waals surface area contributed by atoms with Crippen molar-refractivity contribution in [3.05, 3.63) is 29.3 Å². The van der Waals surface area contributed by atoms with Gasteiger partial charge >= 0.3 is 0 Å². The Labute approximate surface area is 110 Å². The molecule has 0 aliphatic carbocycles. The molecule has 0 aliphatic heterocycles. The summed E-state index contributed by atoms with van der Waals surface area (Å²) in [6.45, 7) is 6.20. The van der Waals surface area contributed by atoms with E-state index in [0.717, 1.165) is 24.2 Å². The molecule has 0 aliphatic rings. The van der Waals surface area contributed by atoms with Crippen LogP contribution in [0.3, 0.4) is 0 Å². The Morgan fingerprint density at radius 2 is 1.94 bits per heavy atom. The van der Waals surface area contributed by atoms with Gasteiger partial charge in [0.25, 0.3) is 0 Å². The van der Waals surface area contributed by atoms with Gasteiger partial charge in [-0.05, 0) is 45.2 Å². The molecular formula is C15H25NO2. The van der Waals surface area contributed by atoms with Crippen molar-refractivity contribution < 1.29 is 9.47 Å². The smallest absolute Gasteiger partial charge is 0.123 e. The molecule has 0 bridgehead atoms. The van der Waals surface area contributed by atoms with E-state index < -0.39 is 0 Å².